The quantitative estimate of drug-likeness (QED) is 0.774. The summed E-state index contributed by atoms with van der Waals surface area (Å²) in [5.74, 6) is 0.248. The molecule has 0 radical (unpaired) electrons. The molecule has 88 valence electrons. The number of aryl methyl sites for hydroxylation is 2. The fourth-order valence-electron chi connectivity index (χ4n) is 1.72. The molecule has 0 spiro atoms. The van der Waals surface area contributed by atoms with Gasteiger partial charge in [-0.2, -0.15) is 5.10 Å². The monoisotopic (exact) mass is 221 g/mol. The number of aromatic nitrogens is 2. The third-order valence-electron chi connectivity index (χ3n) is 2.93. The Morgan fingerprint density at radius 2 is 2.38 bits per heavy atom. The van der Waals surface area contributed by atoms with Crippen LogP contribution in [0.5, 0.6) is 0 Å². The minimum absolute atomic E-state index is 0.248. The summed E-state index contributed by atoms with van der Waals surface area (Å²) >= 11 is 0. The van der Waals surface area contributed by atoms with Crippen LogP contribution in [0, 0.1) is 0 Å². The molecule has 1 saturated carbocycles. The van der Waals surface area contributed by atoms with Crippen LogP contribution in [0.2, 0.25) is 0 Å². The molecule has 1 aromatic rings. The highest BCUT2D eigenvalue weighted by Gasteiger charge is 2.21. The van der Waals surface area contributed by atoms with E-state index in [4.69, 9.17) is 0 Å². The van der Waals surface area contributed by atoms with Crippen molar-refractivity contribution in [2.24, 2.45) is 7.05 Å². The summed E-state index contributed by atoms with van der Waals surface area (Å²) in [5, 5.41) is 7.57. The van der Waals surface area contributed by atoms with E-state index in [0.29, 0.717) is 19.0 Å². The van der Waals surface area contributed by atoms with Crippen LogP contribution in [0.1, 0.15) is 31.2 Å². The minimum Gasteiger partial charge on any atom is -0.307 e. The van der Waals surface area contributed by atoms with Gasteiger partial charge in [0.05, 0.1) is 12.2 Å². The largest absolute Gasteiger partial charge is 0.307 e. The number of nitrogens with zero attached hydrogens (tertiary/aromatic N) is 2. The zero-order valence-electron chi connectivity index (χ0n) is 9.99. The van der Waals surface area contributed by atoms with Gasteiger partial charge < -0.3 is 5.32 Å². The second-order valence-corrected chi connectivity index (χ2v) is 4.47. The van der Waals surface area contributed by atoms with E-state index in [9.17, 15) is 4.79 Å². The summed E-state index contributed by atoms with van der Waals surface area (Å²) in [6.45, 7) is 2.57. The molecule has 4 heteroatoms. The first-order valence-electron chi connectivity index (χ1n) is 5.96. The predicted octanol–water partition coefficient (Wildman–Crippen LogP) is 0.846. The molecule has 2 rings (SSSR count). The van der Waals surface area contributed by atoms with E-state index in [1.165, 1.54) is 12.8 Å². The second kappa shape index (κ2) is 4.78. The Morgan fingerprint density at radius 1 is 1.62 bits per heavy atom. The molecular weight excluding hydrogens is 202 g/mol. The number of Topliss-reactive ketones (excluding diaryl/α,β-unsaturated/α-hetero) is 1. The number of hydrogen-bond donors (Lipinski definition) is 1. The highest BCUT2D eigenvalue weighted by atomic mass is 16.1. The van der Waals surface area contributed by atoms with Crippen molar-refractivity contribution >= 4 is 5.78 Å². The standard InChI is InChI=1S/C12H19N3O/c1-3-9-6-11(15(2)14-9)7-12(16)8-13-10-4-5-10/h6,10,13H,3-5,7-8H2,1-2H3. The molecule has 0 unspecified atom stereocenters. The fraction of sp³-hybridized carbons (Fsp3) is 0.667. The van der Waals surface area contributed by atoms with Crippen LogP contribution < -0.4 is 5.32 Å². The highest BCUT2D eigenvalue weighted by molar-refractivity contribution is 5.82. The lowest BCUT2D eigenvalue weighted by Crippen LogP contribution is -2.26. The van der Waals surface area contributed by atoms with Crippen LogP contribution in [0.25, 0.3) is 0 Å². The molecule has 16 heavy (non-hydrogen) atoms. The summed E-state index contributed by atoms with van der Waals surface area (Å²) in [4.78, 5) is 11.7. The summed E-state index contributed by atoms with van der Waals surface area (Å²) in [7, 11) is 1.90. The van der Waals surface area contributed by atoms with E-state index in [1.807, 2.05) is 17.8 Å². The molecule has 1 aliphatic carbocycles. The van der Waals surface area contributed by atoms with E-state index in [1.54, 1.807) is 0 Å². The lowest BCUT2D eigenvalue weighted by atomic mass is 10.2. The van der Waals surface area contributed by atoms with Gasteiger partial charge in [-0.1, -0.05) is 6.92 Å². The summed E-state index contributed by atoms with van der Waals surface area (Å²) in [6, 6.07) is 2.62. The maximum absolute atomic E-state index is 11.7. The number of carbonyl (C=O) groups excluding carboxylic acids is 1. The highest BCUT2D eigenvalue weighted by Crippen LogP contribution is 2.18. The first kappa shape index (κ1) is 11.3. The van der Waals surface area contributed by atoms with Gasteiger partial charge in [0, 0.05) is 25.2 Å². The smallest absolute Gasteiger partial charge is 0.152 e. The summed E-state index contributed by atoms with van der Waals surface area (Å²) in [6.07, 6.45) is 3.85. The van der Waals surface area contributed by atoms with E-state index >= 15 is 0 Å². The number of carbonyl (C=O) groups is 1. The van der Waals surface area contributed by atoms with Gasteiger partial charge >= 0.3 is 0 Å². The third kappa shape index (κ3) is 2.92. The van der Waals surface area contributed by atoms with Gasteiger partial charge in [-0.25, -0.2) is 0 Å². The Bertz CT molecular complexity index is 380. The maximum atomic E-state index is 11.7. The van der Waals surface area contributed by atoms with Crippen LogP contribution in [-0.2, 0) is 24.7 Å². The number of nitrogens with one attached hydrogen (secondary N) is 1. The molecule has 1 aliphatic rings. The molecular formula is C12H19N3O. The molecule has 1 N–H and O–H groups in total. The van der Waals surface area contributed by atoms with Gasteiger partial charge in [-0.05, 0) is 25.3 Å². The average molecular weight is 221 g/mol. The molecule has 1 heterocycles. The van der Waals surface area contributed by atoms with Crippen molar-refractivity contribution in [2.75, 3.05) is 6.54 Å². The van der Waals surface area contributed by atoms with Gasteiger partial charge in [0.2, 0.25) is 0 Å². The molecule has 0 bridgehead atoms. The second-order valence-electron chi connectivity index (χ2n) is 4.47. The van der Waals surface area contributed by atoms with Crippen molar-refractivity contribution in [1.82, 2.24) is 15.1 Å². The van der Waals surface area contributed by atoms with Crippen LogP contribution in [0.4, 0.5) is 0 Å². The van der Waals surface area contributed by atoms with Crippen LogP contribution in [-0.4, -0.2) is 28.2 Å². The Balaban J connectivity index is 1.86. The molecule has 0 aliphatic heterocycles. The van der Waals surface area contributed by atoms with Crippen LogP contribution in [0.3, 0.4) is 0 Å². The van der Waals surface area contributed by atoms with Crippen molar-refractivity contribution in [3.8, 4) is 0 Å². The first-order chi connectivity index (χ1) is 7.69. The Labute approximate surface area is 96.0 Å². The topological polar surface area (TPSA) is 46.9 Å². The lowest BCUT2D eigenvalue weighted by molar-refractivity contribution is -0.117. The van der Waals surface area contributed by atoms with E-state index in [-0.39, 0.29) is 5.78 Å². The molecule has 0 atom stereocenters. The van der Waals surface area contributed by atoms with Gasteiger partial charge in [0.15, 0.2) is 5.78 Å². The van der Waals surface area contributed by atoms with Crippen LogP contribution >= 0.6 is 0 Å². The van der Waals surface area contributed by atoms with E-state index in [2.05, 4.69) is 17.3 Å². The Kier molecular flexibility index (Phi) is 3.39. The summed E-state index contributed by atoms with van der Waals surface area (Å²) < 4.78 is 1.81. The Morgan fingerprint density at radius 3 is 2.94 bits per heavy atom. The van der Waals surface area contributed by atoms with Crippen molar-refractivity contribution in [3.63, 3.8) is 0 Å². The maximum Gasteiger partial charge on any atom is 0.152 e. The van der Waals surface area contributed by atoms with Crippen molar-refractivity contribution in [3.05, 3.63) is 17.5 Å². The van der Waals surface area contributed by atoms with E-state index < -0.39 is 0 Å². The lowest BCUT2D eigenvalue weighted by Gasteiger charge is -2.02. The third-order valence-corrected chi connectivity index (χ3v) is 2.93. The number of rotatable bonds is 6. The molecule has 4 nitrogen and oxygen atoms in total. The van der Waals surface area contributed by atoms with Gasteiger partial charge in [0.1, 0.15) is 0 Å². The SMILES string of the molecule is CCc1cc(CC(=O)CNC2CC2)n(C)n1. The molecule has 1 fully saturated rings. The fourth-order valence-corrected chi connectivity index (χ4v) is 1.72. The number of ketones is 1. The zero-order chi connectivity index (χ0) is 11.5. The normalized spacial score (nSPS) is 15.4. The molecule has 0 amide bonds. The molecule has 1 aromatic heterocycles. The van der Waals surface area contributed by atoms with Gasteiger partial charge in [-0.3, -0.25) is 9.48 Å². The van der Waals surface area contributed by atoms with Gasteiger partial charge in [0.25, 0.3) is 0 Å². The van der Waals surface area contributed by atoms with Crippen molar-refractivity contribution in [2.45, 2.75) is 38.6 Å². The minimum atomic E-state index is 0.248. The van der Waals surface area contributed by atoms with Crippen LogP contribution in [0.15, 0.2) is 6.07 Å². The first-order valence-corrected chi connectivity index (χ1v) is 5.96. The Hall–Kier alpha value is -1.16. The summed E-state index contributed by atoms with van der Waals surface area (Å²) in [5.41, 5.74) is 2.07. The zero-order valence-corrected chi connectivity index (χ0v) is 9.99. The number of hydrogen-bond acceptors (Lipinski definition) is 3. The average Bonchev–Trinajstić information content (AvgIpc) is 3.02. The predicted molar refractivity (Wildman–Crippen MR) is 62.3 cm³/mol. The molecule has 0 saturated heterocycles. The van der Waals surface area contributed by atoms with Gasteiger partial charge in [-0.15, -0.1) is 0 Å². The van der Waals surface area contributed by atoms with Crippen molar-refractivity contribution < 1.29 is 4.79 Å². The molecule has 0 aromatic carbocycles. The van der Waals surface area contributed by atoms with E-state index in [0.717, 1.165) is 17.8 Å². The van der Waals surface area contributed by atoms with Crippen molar-refractivity contribution in [1.29, 1.82) is 0 Å².